The number of rotatable bonds is 6. The molecule has 1 saturated heterocycles. The third-order valence-corrected chi connectivity index (χ3v) is 6.55. The molecule has 0 radical (unpaired) electrons. The average molecular weight is 396 g/mol. The second-order valence-electron chi connectivity index (χ2n) is 8.30. The van der Waals surface area contributed by atoms with Gasteiger partial charge in [0, 0.05) is 44.2 Å². The Hall–Kier alpha value is -2.40. The first-order valence-electron chi connectivity index (χ1n) is 10.5. The van der Waals surface area contributed by atoms with Crippen LogP contribution >= 0.6 is 0 Å². The van der Waals surface area contributed by atoms with E-state index in [0.29, 0.717) is 6.54 Å². The SMILES string of the molecule is CN=C(NCC1(c2ccccc2)CCOCC1)NCC1(c2ccccc2F)CC1. The van der Waals surface area contributed by atoms with Gasteiger partial charge in [-0.05, 0) is 42.9 Å². The van der Waals surface area contributed by atoms with Crippen LogP contribution in [0, 0.1) is 5.82 Å². The van der Waals surface area contributed by atoms with E-state index in [1.807, 2.05) is 12.1 Å². The van der Waals surface area contributed by atoms with Crippen molar-refractivity contribution >= 4 is 5.96 Å². The van der Waals surface area contributed by atoms with E-state index >= 15 is 0 Å². The van der Waals surface area contributed by atoms with E-state index in [1.54, 1.807) is 19.2 Å². The first-order valence-corrected chi connectivity index (χ1v) is 10.5. The molecule has 4 rings (SSSR count). The predicted molar refractivity (Wildman–Crippen MR) is 115 cm³/mol. The van der Waals surface area contributed by atoms with E-state index in [2.05, 4.69) is 46.0 Å². The van der Waals surface area contributed by atoms with E-state index in [0.717, 1.165) is 57.0 Å². The highest BCUT2D eigenvalue weighted by atomic mass is 19.1. The molecule has 0 spiro atoms. The van der Waals surface area contributed by atoms with Crippen molar-refractivity contribution < 1.29 is 9.13 Å². The summed E-state index contributed by atoms with van der Waals surface area (Å²) in [7, 11) is 1.79. The van der Waals surface area contributed by atoms with Crippen LogP contribution in [0.15, 0.2) is 59.6 Å². The third-order valence-electron chi connectivity index (χ3n) is 6.55. The van der Waals surface area contributed by atoms with Gasteiger partial charge in [-0.1, -0.05) is 48.5 Å². The Labute approximate surface area is 172 Å². The Morgan fingerprint density at radius 1 is 0.897 bits per heavy atom. The fourth-order valence-corrected chi connectivity index (χ4v) is 4.43. The minimum absolute atomic E-state index is 0.0416. The first-order chi connectivity index (χ1) is 14.2. The molecule has 0 bridgehead atoms. The third kappa shape index (κ3) is 4.30. The molecular formula is C24H30FN3O. The van der Waals surface area contributed by atoms with Crippen molar-refractivity contribution in [2.45, 2.75) is 36.5 Å². The van der Waals surface area contributed by atoms with Crippen LogP contribution in [0.2, 0.25) is 0 Å². The Morgan fingerprint density at radius 2 is 1.52 bits per heavy atom. The minimum atomic E-state index is -0.112. The molecule has 5 heteroatoms. The molecular weight excluding hydrogens is 365 g/mol. The molecule has 1 aliphatic carbocycles. The lowest BCUT2D eigenvalue weighted by atomic mass is 9.74. The summed E-state index contributed by atoms with van der Waals surface area (Å²) in [6.07, 6.45) is 3.98. The highest BCUT2D eigenvalue weighted by Gasteiger charge is 2.46. The van der Waals surface area contributed by atoms with Gasteiger partial charge >= 0.3 is 0 Å². The van der Waals surface area contributed by atoms with Gasteiger partial charge in [0.15, 0.2) is 5.96 Å². The Bertz CT molecular complexity index is 842. The first kappa shape index (κ1) is 19.9. The molecule has 154 valence electrons. The lowest BCUT2D eigenvalue weighted by Crippen LogP contribution is -2.49. The Morgan fingerprint density at radius 3 is 2.14 bits per heavy atom. The molecule has 0 aromatic heterocycles. The van der Waals surface area contributed by atoms with Gasteiger partial charge in [0.2, 0.25) is 0 Å². The number of nitrogens with one attached hydrogen (secondary N) is 2. The van der Waals surface area contributed by atoms with Crippen LogP contribution in [-0.2, 0) is 15.6 Å². The maximum atomic E-state index is 14.3. The summed E-state index contributed by atoms with van der Waals surface area (Å²) in [5, 5.41) is 6.98. The Kier molecular flexibility index (Phi) is 5.86. The second kappa shape index (κ2) is 8.54. The van der Waals surface area contributed by atoms with E-state index in [9.17, 15) is 4.39 Å². The molecule has 1 heterocycles. The summed E-state index contributed by atoms with van der Waals surface area (Å²) < 4.78 is 19.9. The van der Waals surface area contributed by atoms with Gasteiger partial charge in [-0.3, -0.25) is 4.99 Å². The molecule has 2 aromatic carbocycles. The molecule has 0 unspecified atom stereocenters. The molecule has 0 amide bonds. The lowest BCUT2D eigenvalue weighted by Gasteiger charge is -2.38. The topological polar surface area (TPSA) is 45.7 Å². The van der Waals surface area contributed by atoms with Crippen LogP contribution in [0.3, 0.4) is 0 Å². The zero-order valence-electron chi connectivity index (χ0n) is 17.1. The normalized spacial score (nSPS) is 20.1. The van der Waals surface area contributed by atoms with Crippen LogP contribution in [0.5, 0.6) is 0 Å². The van der Waals surface area contributed by atoms with Crippen molar-refractivity contribution in [1.29, 1.82) is 0 Å². The van der Waals surface area contributed by atoms with Crippen LogP contribution in [0.4, 0.5) is 4.39 Å². The molecule has 0 atom stereocenters. The summed E-state index contributed by atoms with van der Waals surface area (Å²) in [6.45, 7) is 3.04. The smallest absolute Gasteiger partial charge is 0.191 e. The molecule has 2 N–H and O–H groups in total. The Balaban J connectivity index is 1.41. The zero-order chi connectivity index (χ0) is 20.2. The molecule has 29 heavy (non-hydrogen) atoms. The van der Waals surface area contributed by atoms with Crippen molar-refractivity contribution in [3.8, 4) is 0 Å². The molecule has 2 fully saturated rings. The minimum Gasteiger partial charge on any atom is -0.381 e. The summed E-state index contributed by atoms with van der Waals surface area (Å²) in [4.78, 5) is 4.41. The highest BCUT2D eigenvalue weighted by molar-refractivity contribution is 5.80. The van der Waals surface area contributed by atoms with Gasteiger partial charge in [0.25, 0.3) is 0 Å². The van der Waals surface area contributed by atoms with Crippen LogP contribution in [-0.4, -0.2) is 39.3 Å². The van der Waals surface area contributed by atoms with Crippen molar-refractivity contribution in [2.75, 3.05) is 33.4 Å². The van der Waals surface area contributed by atoms with Gasteiger partial charge in [0.1, 0.15) is 5.82 Å². The predicted octanol–water partition coefficient (Wildman–Crippen LogP) is 3.77. The van der Waals surface area contributed by atoms with Gasteiger partial charge in [-0.15, -0.1) is 0 Å². The van der Waals surface area contributed by atoms with Gasteiger partial charge < -0.3 is 15.4 Å². The van der Waals surface area contributed by atoms with Crippen molar-refractivity contribution in [3.05, 3.63) is 71.5 Å². The van der Waals surface area contributed by atoms with Gasteiger partial charge in [0.05, 0.1) is 0 Å². The van der Waals surface area contributed by atoms with Crippen molar-refractivity contribution in [1.82, 2.24) is 10.6 Å². The molecule has 4 nitrogen and oxygen atoms in total. The summed E-state index contributed by atoms with van der Waals surface area (Å²) in [6, 6.07) is 17.8. The van der Waals surface area contributed by atoms with Crippen LogP contribution in [0.25, 0.3) is 0 Å². The number of aliphatic imine (C=N–C) groups is 1. The monoisotopic (exact) mass is 395 g/mol. The standard InChI is InChI=1S/C24H30FN3O/c1-26-22(28-18-24(11-12-24)20-9-5-6-10-21(20)25)27-17-23(13-15-29-16-14-23)19-7-3-2-4-8-19/h2-10H,11-18H2,1H3,(H2,26,27,28). The van der Waals surface area contributed by atoms with Crippen LogP contribution < -0.4 is 10.6 Å². The number of benzene rings is 2. The molecule has 1 aliphatic heterocycles. The fraction of sp³-hybridized carbons (Fsp3) is 0.458. The molecule has 2 aromatic rings. The zero-order valence-corrected chi connectivity index (χ0v) is 17.1. The van der Waals surface area contributed by atoms with Gasteiger partial charge in [-0.25, -0.2) is 4.39 Å². The quantitative estimate of drug-likeness (QED) is 0.578. The number of guanidine groups is 1. The van der Waals surface area contributed by atoms with Gasteiger partial charge in [-0.2, -0.15) is 0 Å². The maximum absolute atomic E-state index is 14.3. The van der Waals surface area contributed by atoms with Crippen molar-refractivity contribution in [2.24, 2.45) is 4.99 Å². The molecule has 1 saturated carbocycles. The highest BCUT2D eigenvalue weighted by Crippen LogP contribution is 2.48. The van der Waals surface area contributed by atoms with E-state index in [-0.39, 0.29) is 16.6 Å². The van der Waals surface area contributed by atoms with E-state index < -0.39 is 0 Å². The lowest BCUT2D eigenvalue weighted by molar-refractivity contribution is 0.0514. The summed E-state index contributed by atoms with van der Waals surface area (Å²) in [5.41, 5.74) is 2.09. The average Bonchev–Trinajstić information content (AvgIpc) is 3.56. The fourth-order valence-electron chi connectivity index (χ4n) is 4.43. The van der Waals surface area contributed by atoms with Crippen molar-refractivity contribution in [3.63, 3.8) is 0 Å². The largest absolute Gasteiger partial charge is 0.381 e. The number of hydrogen-bond donors (Lipinski definition) is 2. The van der Waals surface area contributed by atoms with E-state index in [4.69, 9.17) is 4.74 Å². The summed E-state index contributed by atoms with van der Waals surface area (Å²) in [5.74, 6) is 0.661. The number of nitrogens with zero attached hydrogens (tertiary/aromatic N) is 1. The number of ether oxygens (including phenoxy) is 1. The molecule has 2 aliphatic rings. The van der Waals surface area contributed by atoms with E-state index in [1.165, 1.54) is 5.56 Å². The number of halogens is 1. The number of hydrogen-bond acceptors (Lipinski definition) is 2. The maximum Gasteiger partial charge on any atom is 0.191 e. The summed E-state index contributed by atoms with van der Waals surface area (Å²) >= 11 is 0. The second-order valence-corrected chi connectivity index (χ2v) is 8.30. The van der Waals surface area contributed by atoms with Crippen LogP contribution in [0.1, 0.15) is 36.8 Å².